The zero-order chi connectivity index (χ0) is 17.9. The Balaban J connectivity index is 2.15. The lowest BCUT2D eigenvalue weighted by Gasteiger charge is -2.15. The molecule has 1 N–H and O–H groups in total. The van der Waals surface area contributed by atoms with Gasteiger partial charge in [-0.2, -0.15) is 13.2 Å². The van der Waals surface area contributed by atoms with Gasteiger partial charge < -0.3 is 0 Å². The molecule has 0 atom stereocenters. The number of halogens is 4. The van der Waals surface area contributed by atoms with E-state index in [1.54, 1.807) is 12.1 Å². The largest absolute Gasteiger partial charge is 0.417 e. The summed E-state index contributed by atoms with van der Waals surface area (Å²) in [6.07, 6.45) is -3.13. The minimum atomic E-state index is -4.70. The van der Waals surface area contributed by atoms with Crippen LogP contribution >= 0.6 is 35.2 Å². The van der Waals surface area contributed by atoms with Gasteiger partial charge in [0.1, 0.15) is 5.65 Å². The molecule has 0 unspecified atom stereocenters. The lowest BCUT2D eigenvalue weighted by molar-refractivity contribution is -0.136. The lowest BCUT2D eigenvalue weighted by atomic mass is 10.1. The van der Waals surface area contributed by atoms with Crippen LogP contribution in [0.1, 0.15) is 24.4 Å². The van der Waals surface area contributed by atoms with Gasteiger partial charge in [0.15, 0.2) is 4.77 Å². The molecule has 10 heteroatoms. The van der Waals surface area contributed by atoms with Gasteiger partial charge in [0.25, 0.3) is 5.56 Å². The van der Waals surface area contributed by atoms with Crippen molar-refractivity contribution < 1.29 is 13.2 Å². The number of nitrogens with one attached hydrogen (secondary N) is 1. The van der Waals surface area contributed by atoms with Gasteiger partial charge in [-0.3, -0.25) is 14.3 Å². The maximum absolute atomic E-state index is 13.6. The molecule has 0 spiro atoms. The number of alkyl halides is 3. The Morgan fingerprint density at radius 1 is 1.36 bits per heavy atom. The van der Waals surface area contributed by atoms with Crippen LogP contribution in [-0.2, 0) is 6.18 Å². The molecular formula is C15H9ClF3N3OS2. The van der Waals surface area contributed by atoms with Crippen LogP contribution in [0.25, 0.3) is 21.6 Å². The molecule has 0 amide bonds. The van der Waals surface area contributed by atoms with Crippen LogP contribution in [0.5, 0.6) is 0 Å². The predicted octanol–water partition coefficient (Wildman–Crippen LogP) is 5.19. The molecule has 1 saturated carbocycles. The van der Waals surface area contributed by atoms with Gasteiger partial charge in [0.05, 0.1) is 25.9 Å². The standard InChI is InChI=1S/C15H9ClF3N3OS2/c16-10-4-3-9(25-10)8-5-7(15(17,18)19)11-12(20-8)22(6-1-2-6)14(24)21-13(11)23/h3-6H,1-2H2,(H,21,23,24). The van der Waals surface area contributed by atoms with E-state index in [1.165, 1.54) is 4.57 Å². The average molecular weight is 404 g/mol. The van der Waals surface area contributed by atoms with Gasteiger partial charge in [-0.1, -0.05) is 11.6 Å². The second-order valence-electron chi connectivity index (χ2n) is 5.72. The summed E-state index contributed by atoms with van der Waals surface area (Å²) in [5, 5.41) is -0.487. The number of nitrogens with zero attached hydrogens (tertiary/aromatic N) is 2. The van der Waals surface area contributed by atoms with Crippen molar-refractivity contribution in [1.29, 1.82) is 0 Å². The van der Waals surface area contributed by atoms with E-state index < -0.39 is 22.7 Å². The number of aromatic nitrogens is 3. The van der Waals surface area contributed by atoms with Gasteiger partial charge in [0.2, 0.25) is 0 Å². The van der Waals surface area contributed by atoms with Crippen molar-refractivity contribution >= 4 is 46.2 Å². The summed E-state index contributed by atoms with van der Waals surface area (Å²) >= 11 is 12.2. The fourth-order valence-corrected chi connectivity index (χ4v) is 4.05. The molecule has 0 aliphatic heterocycles. The second kappa shape index (κ2) is 5.65. The fourth-order valence-electron chi connectivity index (χ4n) is 2.72. The third-order valence-corrected chi connectivity index (χ3v) is 5.49. The maximum Gasteiger partial charge on any atom is 0.417 e. The molecule has 3 aromatic rings. The van der Waals surface area contributed by atoms with Crippen LogP contribution in [0.15, 0.2) is 23.0 Å². The fraction of sp³-hybridized carbons (Fsp3) is 0.267. The topological polar surface area (TPSA) is 50.7 Å². The molecule has 1 aliphatic carbocycles. The Hall–Kier alpha value is -1.71. The molecule has 0 aromatic carbocycles. The molecular weight excluding hydrogens is 395 g/mol. The van der Waals surface area contributed by atoms with Gasteiger partial charge >= 0.3 is 6.18 Å². The maximum atomic E-state index is 13.6. The third kappa shape index (κ3) is 2.90. The normalized spacial score (nSPS) is 15.0. The Labute approximate surface area is 152 Å². The second-order valence-corrected chi connectivity index (χ2v) is 7.82. The van der Waals surface area contributed by atoms with E-state index in [9.17, 15) is 18.0 Å². The van der Waals surface area contributed by atoms with Gasteiger partial charge in [-0.25, -0.2) is 4.98 Å². The first-order valence-electron chi connectivity index (χ1n) is 7.28. The van der Waals surface area contributed by atoms with E-state index in [0.717, 1.165) is 30.2 Å². The molecule has 0 saturated heterocycles. The number of hydrogen-bond donors (Lipinski definition) is 1. The summed E-state index contributed by atoms with van der Waals surface area (Å²) in [7, 11) is 0. The van der Waals surface area contributed by atoms with Gasteiger partial charge in [-0.05, 0) is 43.3 Å². The number of thiophene rings is 1. The van der Waals surface area contributed by atoms with E-state index >= 15 is 0 Å². The summed E-state index contributed by atoms with van der Waals surface area (Å²) in [4.78, 5) is 19.4. The Morgan fingerprint density at radius 3 is 2.64 bits per heavy atom. The molecule has 3 heterocycles. The molecule has 4 nitrogen and oxygen atoms in total. The monoisotopic (exact) mass is 403 g/mol. The molecule has 4 rings (SSSR count). The van der Waals surface area contributed by atoms with Crippen molar-refractivity contribution in [3.63, 3.8) is 0 Å². The number of fused-ring (bicyclic) bond motifs is 1. The molecule has 0 bridgehead atoms. The first-order chi connectivity index (χ1) is 11.8. The van der Waals surface area contributed by atoms with Crippen molar-refractivity contribution in [3.05, 3.63) is 43.2 Å². The zero-order valence-electron chi connectivity index (χ0n) is 12.4. The van der Waals surface area contributed by atoms with Gasteiger partial charge in [-0.15, -0.1) is 11.3 Å². The van der Waals surface area contributed by atoms with Crippen LogP contribution in [0.2, 0.25) is 4.34 Å². The minimum Gasteiger partial charge on any atom is -0.299 e. The molecule has 130 valence electrons. The molecule has 3 aromatic heterocycles. The predicted molar refractivity (Wildman–Crippen MR) is 92.8 cm³/mol. The quantitative estimate of drug-likeness (QED) is 0.599. The van der Waals surface area contributed by atoms with Crippen molar-refractivity contribution in [2.24, 2.45) is 0 Å². The van der Waals surface area contributed by atoms with E-state index in [2.05, 4.69) is 9.97 Å². The first kappa shape index (κ1) is 16.7. The lowest BCUT2D eigenvalue weighted by Crippen LogP contribution is -2.20. The molecule has 1 aliphatic rings. The SMILES string of the molecule is O=c1[nH]c(=S)n(C2CC2)c2nc(-c3ccc(Cl)s3)cc(C(F)(F)F)c12. The highest BCUT2D eigenvalue weighted by Gasteiger charge is 2.37. The Kier molecular flexibility index (Phi) is 3.78. The molecule has 25 heavy (non-hydrogen) atoms. The Bertz CT molecular complexity index is 1110. The van der Waals surface area contributed by atoms with E-state index in [0.29, 0.717) is 9.21 Å². The van der Waals surface area contributed by atoms with E-state index in [1.807, 2.05) is 0 Å². The van der Waals surface area contributed by atoms with Crippen LogP contribution in [0.4, 0.5) is 13.2 Å². The zero-order valence-corrected chi connectivity index (χ0v) is 14.7. The molecule has 1 fully saturated rings. The van der Waals surface area contributed by atoms with Crippen LogP contribution in [0, 0.1) is 4.77 Å². The van der Waals surface area contributed by atoms with Crippen LogP contribution < -0.4 is 5.56 Å². The number of hydrogen-bond acceptors (Lipinski definition) is 4. The smallest absolute Gasteiger partial charge is 0.299 e. The minimum absolute atomic E-state index is 0.0365. The number of pyridine rings is 1. The van der Waals surface area contributed by atoms with Crippen LogP contribution in [-0.4, -0.2) is 14.5 Å². The van der Waals surface area contributed by atoms with Crippen molar-refractivity contribution in [2.75, 3.05) is 0 Å². The highest BCUT2D eigenvalue weighted by atomic mass is 35.5. The number of aromatic amines is 1. The van der Waals surface area contributed by atoms with E-state index in [-0.39, 0.29) is 22.2 Å². The summed E-state index contributed by atoms with van der Waals surface area (Å²) < 4.78 is 42.9. The average Bonchev–Trinajstić information content (AvgIpc) is 3.25. The first-order valence-corrected chi connectivity index (χ1v) is 8.88. The van der Waals surface area contributed by atoms with Crippen molar-refractivity contribution in [1.82, 2.24) is 14.5 Å². The third-order valence-electron chi connectivity index (χ3n) is 3.94. The van der Waals surface area contributed by atoms with Gasteiger partial charge in [0, 0.05) is 6.04 Å². The molecule has 0 radical (unpaired) electrons. The summed E-state index contributed by atoms with van der Waals surface area (Å²) in [5.74, 6) is 0. The van der Waals surface area contributed by atoms with Crippen molar-refractivity contribution in [3.8, 4) is 10.6 Å². The summed E-state index contributed by atoms with van der Waals surface area (Å²) in [5.41, 5.74) is -1.83. The highest BCUT2D eigenvalue weighted by molar-refractivity contribution is 7.71. The summed E-state index contributed by atoms with van der Waals surface area (Å²) in [6, 6.07) is 4.04. The number of rotatable bonds is 2. The van der Waals surface area contributed by atoms with Crippen molar-refractivity contribution in [2.45, 2.75) is 25.1 Å². The van der Waals surface area contributed by atoms with E-state index in [4.69, 9.17) is 23.8 Å². The highest BCUT2D eigenvalue weighted by Crippen LogP contribution is 2.41. The number of H-pyrrole nitrogens is 1. The summed E-state index contributed by atoms with van der Waals surface area (Å²) in [6.45, 7) is 0. The van der Waals surface area contributed by atoms with Crippen LogP contribution in [0.3, 0.4) is 0 Å². The Morgan fingerprint density at radius 2 is 2.08 bits per heavy atom.